The van der Waals surface area contributed by atoms with E-state index in [4.69, 9.17) is 21.3 Å². The summed E-state index contributed by atoms with van der Waals surface area (Å²) in [4.78, 5) is 7.35. The molecular formula is C28H35ClN2O. The Hall–Kier alpha value is -2.36. The van der Waals surface area contributed by atoms with E-state index in [0.717, 1.165) is 53.7 Å². The molecule has 0 amide bonds. The number of aromatic nitrogens is 1. The van der Waals surface area contributed by atoms with E-state index in [1.54, 1.807) is 0 Å². The molecule has 0 fully saturated rings. The summed E-state index contributed by atoms with van der Waals surface area (Å²) in [6.45, 7) is 12.2. The first-order valence-electron chi connectivity index (χ1n) is 11.5. The van der Waals surface area contributed by atoms with Crippen molar-refractivity contribution < 1.29 is 4.74 Å². The minimum absolute atomic E-state index is 0.0914. The average Bonchev–Trinajstić information content (AvgIpc) is 2.74. The molecule has 0 aliphatic heterocycles. The molecule has 170 valence electrons. The highest BCUT2D eigenvalue weighted by Gasteiger charge is 2.18. The molecular weight excluding hydrogens is 416 g/mol. The molecule has 1 heterocycles. The van der Waals surface area contributed by atoms with E-state index in [9.17, 15) is 0 Å². The minimum atomic E-state index is 0.0914. The average molecular weight is 451 g/mol. The van der Waals surface area contributed by atoms with Gasteiger partial charge in [0.25, 0.3) is 0 Å². The van der Waals surface area contributed by atoms with E-state index in [1.807, 2.05) is 18.2 Å². The van der Waals surface area contributed by atoms with Crippen LogP contribution in [0.4, 0.5) is 0 Å². The SMILES string of the molecule is CCc1cccc(CC)c1-c1cc(OC(C)C)c(CN(C)Cc2cccc(Cl)c2)c(C)n1. The van der Waals surface area contributed by atoms with Crippen LogP contribution in [0.15, 0.2) is 48.5 Å². The molecule has 1 aromatic heterocycles. The normalized spacial score (nSPS) is 11.4. The van der Waals surface area contributed by atoms with Crippen molar-refractivity contribution in [1.82, 2.24) is 9.88 Å². The van der Waals surface area contributed by atoms with Crippen LogP contribution in [0, 0.1) is 6.92 Å². The first kappa shape index (κ1) is 24.3. The van der Waals surface area contributed by atoms with Gasteiger partial charge in [-0.25, -0.2) is 0 Å². The Bertz CT molecular complexity index is 1040. The number of halogens is 1. The van der Waals surface area contributed by atoms with Crippen LogP contribution < -0.4 is 4.74 Å². The third-order valence-electron chi connectivity index (χ3n) is 5.68. The molecule has 0 spiro atoms. The Morgan fingerprint density at radius 2 is 1.62 bits per heavy atom. The monoisotopic (exact) mass is 450 g/mol. The maximum absolute atomic E-state index is 6.32. The summed E-state index contributed by atoms with van der Waals surface area (Å²) in [5.41, 5.74) is 8.28. The topological polar surface area (TPSA) is 25.4 Å². The predicted octanol–water partition coefficient (Wildman–Crippen LogP) is 7.25. The van der Waals surface area contributed by atoms with Gasteiger partial charge in [-0.1, -0.05) is 55.8 Å². The number of rotatable bonds is 9. The quantitative estimate of drug-likeness (QED) is 0.343. The number of hydrogen-bond acceptors (Lipinski definition) is 3. The zero-order valence-corrected chi connectivity index (χ0v) is 21.0. The third kappa shape index (κ3) is 5.90. The van der Waals surface area contributed by atoms with Crippen LogP contribution in [0.2, 0.25) is 5.02 Å². The van der Waals surface area contributed by atoms with Crippen molar-refractivity contribution in [2.75, 3.05) is 7.05 Å². The maximum Gasteiger partial charge on any atom is 0.128 e. The third-order valence-corrected chi connectivity index (χ3v) is 5.91. The standard InChI is InChI=1S/C28H35ClN2O/c1-7-22-12-10-13-23(8-2)28(22)26-16-27(32-19(3)4)25(20(5)30-26)18-31(6)17-21-11-9-14-24(29)15-21/h9-16,19H,7-8,17-18H2,1-6H3. The summed E-state index contributed by atoms with van der Waals surface area (Å²) in [6, 6.07) is 16.7. The molecule has 0 bridgehead atoms. The second kappa shape index (κ2) is 11.0. The van der Waals surface area contributed by atoms with Gasteiger partial charge in [0.15, 0.2) is 0 Å². The van der Waals surface area contributed by atoms with Crippen LogP contribution in [0.5, 0.6) is 5.75 Å². The van der Waals surface area contributed by atoms with Crippen molar-refractivity contribution in [3.8, 4) is 17.0 Å². The van der Waals surface area contributed by atoms with Crippen LogP contribution in [0.25, 0.3) is 11.3 Å². The van der Waals surface area contributed by atoms with Crippen molar-refractivity contribution in [2.45, 2.75) is 66.7 Å². The molecule has 4 heteroatoms. The van der Waals surface area contributed by atoms with E-state index in [0.29, 0.717) is 0 Å². The molecule has 3 aromatic rings. The lowest BCUT2D eigenvalue weighted by molar-refractivity contribution is 0.232. The van der Waals surface area contributed by atoms with Crippen LogP contribution in [-0.4, -0.2) is 23.0 Å². The molecule has 0 unspecified atom stereocenters. The zero-order chi connectivity index (χ0) is 23.3. The first-order chi connectivity index (χ1) is 15.3. The smallest absolute Gasteiger partial charge is 0.128 e. The van der Waals surface area contributed by atoms with Gasteiger partial charge < -0.3 is 4.74 Å². The molecule has 0 aliphatic rings. The van der Waals surface area contributed by atoms with E-state index >= 15 is 0 Å². The largest absolute Gasteiger partial charge is 0.491 e. The Morgan fingerprint density at radius 1 is 0.969 bits per heavy atom. The van der Waals surface area contributed by atoms with Crippen molar-refractivity contribution >= 4 is 11.6 Å². The number of aryl methyl sites for hydroxylation is 3. The summed E-state index contributed by atoms with van der Waals surface area (Å²) >= 11 is 6.17. The number of pyridine rings is 1. The van der Waals surface area contributed by atoms with Crippen molar-refractivity contribution in [1.29, 1.82) is 0 Å². The van der Waals surface area contributed by atoms with Gasteiger partial charge in [0.2, 0.25) is 0 Å². The van der Waals surface area contributed by atoms with Gasteiger partial charge in [0, 0.05) is 41.0 Å². The lowest BCUT2D eigenvalue weighted by Crippen LogP contribution is -2.20. The summed E-state index contributed by atoms with van der Waals surface area (Å²) < 4.78 is 6.32. The van der Waals surface area contributed by atoms with Gasteiger partial charge in [0.1, 0.15) is 5.75 Å². The Kier molecular flexibility index (Phi) is 8.33. The van der Waals surface area contributed by atoms with Gasteiger partial charge >= 0.3 is 0 Å². The minimum Gasteiger partial charge on any atom is -0.491 e. The summed E-state index contributed by atoms with van der Waals surface area (Å²) in [5.74, 6) is 0.924. The molecule has 0 saturated heterocycles. The van der Waals surface area contributed by atoms with E-state index in [1.165, 1.54) is 22.3 Å². The molecule has 0 atom stereocenters. The number of ether oxygens (including phenoxy) is 1. The number of benzene rings is 2. The molecule has 0 N–H and O–H groups in total. The van der Waals surface area contributed by atoms with Gasteiger partial charge in [-0.05, 0) is 69.5 Å². The number of nitrogens with zero attached hydrogens (tertiary/aromatic N) is 2. The van der Waals surface area contributed by atoms with E-state index in [-0.39, 0.29) is 6.10 Å². The maximum atomic E-state index is 6.32. The van der Waals surface area contributed by atoms with Crippen LogP contribution >= 0.6 is 11.6 Å². The summed E-state index contributed by atoms with van der Waals surface area (Å²) in [5, 5.41) is 0.767. The Labute approximate surface area is 198 Å². The fourth-order valence-electron chi connectivity index (χ4n) is 4.19. The lowest BCUT2D eigenvalue weighted by Gasteiger charge is -2.23. The van der Waals surface area contributed by atoms with Crippen LogP contribution in [0.1, 0.15) is 55.6 Å². The van der Waals surface area contributed by atoms with Gasteiger partial charge in [0.05, 0.1) is 11.8 Å². The van der Waals surface area contributed by atoms with Crippen LogP contribution in [0.3, 0.4) is 0 Å². The molecule has 3 nitrogen and oxygen atoms in total. The molecule has 0 saturated carbocycles. The molecule has 32 heavy (non-hydrogen) atoms. The highest BCUT2D eigenvalue weighted by molar-refractivity contribution is 6.30. The van der Waals surface area contributed by atoms with E-state index < -0.39 is 0 Å². The van der Waals surface area contributed by atoms with Gasteiger partial charge in [-0.15, -0.1) is 0 Å². The molecule has 0 radical (unpaired) electrons. The van der Waals surface area contributed by atoms with Crippen molar-refractivity contribution in [2.24, 2.45) is 0 Å². The molecule has 3 rings (SSSR count). The zero-order valence-electron chi connectivity index (χ0n) is 20.2. The molecule has 2 aromatic carbocycles. The van der Waals surface area contributed by atoms with Crippen LogP contribution in [-0.2, 0) is 25.9 Å². The first-order valence-corrected chi connectivity index (χ1v) is 11.9. The predicted molar refractivity (Wildman–Crippen MR) is 136 cm³/mol. The molecule has 0 aliphatic carbocycles. The number of hydrogen-bond donors (Lipinski definition) is 0. The Morgan fingerprint density at radius 3 is 2.22 bits per heavy atom. The second-order valence-corrected chi connectivity index (χ2v) is 9.13. The van der Waals surface area contributed by atoms with Crippen molar-refractivity contribution in [3.05, 3.63) is 81.5 Å². The Balaban J connectivity index is 1.99. The van der Waals surface area contributed by atoms with E-state index in [2.05, 4.69) is 76.9 Å². The highest BCUT2D eigenvalue weighted by atomic mass is 35.5. The second-order valence-electron chi connectivity index (χ2n) is 8.70. The highest BCUT2D eigenvalue weighted by Crippen LogP contribution is 2.34. The summed E-state index contributed by atoms with van der Waals surface area (Å²) in [7, 11) is 2.12. The van der Waals surface area contributed by atoms with Crippen molar-refractivity contribution in [3.63, 3.8) is 0 Å². The summed E-state index contributed by atoms with van der Waals surface area (Å²) in [6.07, 6.45) is 2.05. The fourth-order valence-corrected chi connectivity index (χ4v) is 4.41. The van der Waals surface area contributed by atoms with Gasteiger partial charge in [-0.3, -0.25) is 9.88 Å². The fraction of sp³-hybridized carbons (Fsp3) is 0.393. The van der Waals surface area contributed by atoms with Gasteiger partial charge in [-0.2, -0.15) is 0 Å². The lowest BCUT2D eigenvalue weighted by atomic mass is 9.94.